The van der Waals surface area contributed by atoms with Gasteiger partial charge in [0, 0.05) is 13.1 Å². The molecule has 0 bridgehead atoms. The average Bonchev–Trinajstić information content (AvgIpc) is 2.93. The molecular formula is C30H37N3O5S. The molecule has 0 heterocycles. The van der Waals surface area contributed by atoms with Crippen LogP contribution in [0.1, 0.15) is 31.9 Å². The Morgan fingerprint density at radius 3 is 2.21 bits per heavy atom. The number of sulfonamides is 1. The van der Waals surface area contributed by atoms with E-state index >= 15 is 0 Å². The fraction of sp³-hybridized carbons (Fsp3) is 0.333. The van der Waals surface area contributed by atoms with Gasteiger partial charge in [0.25, 0.3) is 10.0 Å². The molecule has 0 saturated carbocycles. The first kappa shape index (κ1) is 29.7. The van der Waals surface area contributed by atoms with Gasteiger partial charge in [-0.05, 0) is 61.7 Å². The summed E-state index contributed by atoms with van der Waals surface area (Å²) in [5.41, 5.74) is 2.02. The van der Waals surface area contributed by atoms with Crippen LogP contribution in [0, 0.1) is 12.8 Å². The Morgan fingerprint density at radius 1 is 0.923 bits per heavy atom. The minimum atomic E-state index is -4.09. The van der Waals surface area contributed by atoms with E-state index in [0.29, 0.717) is 18.0 Å². The maximum atomic E-state index is 13.9. The van der Waals surface area contributed by atoms with Crippen LogP contribution in [-0.4, -0.2) is 51.4 Å². The molecule has 0 aliphatic carbocycles. The van der Waals surface area contributed by atoms with Crippen molar-refractivity contribution in [3.63, 3.8) is 0 Å². The van der Waals surface area contributed by atoms with Gasteiger partial charge in [-0.15, -0.1) is 0 Å². The Balaban J connectivity index is 1.99. The molecule has 0 aliphatic rings. The molecule has 0 aromatic heterocycles. The molecule has 0 fully saturated rings. The number of carbonyl (C=O) groups excluding carboxylic acids is 2. The first-order valence-electron chi connectivity index (χ1n) is 12.9. The highest BCUT2D eigenvalue weighted by Crippen LogP contribution is 2.25. The molecule has 0 unspecified atom stereocenters. The van der Waals surface area contributed by atoms with E-state index in [4.69, 9.17) is 4.74 Å². The number of nitrogens with zero attached hydrogens (tertiary/aromatic N) is 2. The fourth-order valence-corrected chi connectivity index (χ4v) is 5.38. The number of rotatable bonds is 12. The van der Waals surface area contributed by atoms with Crippen molar-refractivity contribution in [3.8, 4) is 5.75 Å². The van der Waals surface area contributed by atoms with E-state index in [1.165, 1.54) is 17.0 Å². The van der Waals surface area contributed by atoms with Gasteiger partial charge in [-0.3, -0.25) is 13.9 Å². The number of carbonyl (C=O) groups is 2. The van der Waals surface area contributed by atoms with Gasteiger partial charge < -0.3 is 15.0 Å². The first-order chi connectivity index (χ1) is 18.5. The van der Waals surface area contributed by atoms with Crippen molar-refractivity contribution in [1.29, 1.82) is 0 Å². The van der Waals surface area contributed by atoms with E-state index in [-0.39, 0.29) is 23.3 Å². The molecule has 2 amide bonds. The maximum Gasteiger partial charge on any atom is 0.264 e. The zero-order valence-corrected chi connectivity index (χ0v) is 23.9. The summed E-state index contributed by atoms with van der Waals surface area (Å²) in [6.07, 6.45) is 0. The topological polar surface area (TPSA) is 96.0 Å². The molecule has 3 aromatic carbocycles. The quantitative estimate of drug-likeness (QED) is 0.360. The van der Waals surface area contributed by atoms with Crippen LogP contribution >= 0.6 is 0 Å². The Kier molecular flexibility index (Phi) is 10.1. The molecule has 208 valence electrons. The minimum absolute atomic E-state index is 0.0758. The monoisotopic (exact) mass is 551 g/mol. The number of nitrogens with one attached hydrogen (secondary N) is 1. The highest BCUT2D eigenvalue weighted by molar-refractivity contribution is 7.92. The van der Waals surface area contributed by atoms with Gasteiger partial charge in [0.15, 0.2) is 0 Å². The Morgan fingerprint density at radius 2 is 1.59 bits per heavy atom. The van der Waals surface area contributed by atoms with Crippen molar-refractivity contribution in [2.24, 2.45) is 5.92 Å². The lowest BCUT2D eigenvalue weighted by molar-refractivity contribution is -0.139. The predicted molar refractivity (Wildman–Crippen MR) is 153 cm³/mol. The zero-order valence-electron chi connectivity index (χ0n) is 23.1. The third kappa shape index (κ3) is 7.83. The summed E-state index contributed by atoms with van der Waals surface area (Å²) in [5, 5.41) is 2.88. The van der Waals surface area contributed by atoms with Gasteiger partial charge in [0.1, 0.15) is 18.3 Å². The van der Waals surface area contributed by atoms with E-state index in [1.54, 1.807) is 74.7 Å². The maximum absolute atomic E-state index is 13.9. The van der Waals surface area contributed by atoms with Crippen LogP contribution < -0.4 is 14.4 Å². The lowest BCUT2D eigenvalue weighted by Crippen LogP contribution is -2.51. The molecule has 8 nitrogen and oxygen atoms in total. The number of amides is 2. The van der Waals surface area contributed by atoms with Crippen LogP contribution in [-0.2, 0) is 26.2 Å². The SMILES string of the molecule is COc1cccc(CN(C(=O)CN(c2ccccc2)S(=O)(=O)c2ccc(C)cc2)[C@H](C)C(=O)NCC(C)C)c1. The molecule has 9 heteroatoms. The van der Waals surface area contributed by atoms with Crippen molar-refractivity contribution < 1.29 is 22.7 Å². The van der Waals surface area contributed by atoms with Gasteiger partial charge in [-0.2, -0.15) is 0 Å². The molecule has 3 aromatic rings. The molecule has 0 saturated heterocycles. The number of anilines is 1. The van der Waals surface area contributed by atoms with E-state index in [2.05, 4.69) is 5.32 Å². The Hall–Kier alpha value is -3.85. The summed E-state index contributed by atoms with van der Waals surface area (Å²) < 4.78 is 34.0. The summed E-state index contributed by atoms with van der Waals surface area (Å²) >= 11 is 0. The van der Waals surface area contributed by atoms with Gasteiger partial charge >= 0.3 is 0 Å². The van der Waals surface area contributed by atoms with Crippen molar-refractivity contribution in [3.05, 3.63) is 90.0 Å². The highest BCUT2D eigenvalue weighted by Gasteiger charge is 2.32. The van der Waals surface area contributed by atoms with Crippen LogP contribution in [0.3, 0.4) is 0 Å². The number of methoxy groups -OCH3 is 1. The van der Waals surface area contributed by atoms with Crippen LogP contribution in [0.4, 0.5) is 5.69 Å². The second kappa shape index (κ2) is 13.3. The lowest BCUT2D eigenvalue weighted by atomic mass is 10.1. The van der Waals surface area contributed by atoms with E-state index in [9.17, 15) is 18.0 Å². The molecule has 0 aliphatic heterocycles. The standard InChI is InChI=1S/C30H37N3O5S/c1-22(2)19-31-30(35)24(4)32(20-25-10-9-13-27(18-25)38-5)29(34)21-33(26-11-7-6-8-12-26)39(36,37)28-16-14-23(3)15-17-28/h6-18,22,24H,19-21H2,1-5H3,(H,31,35)/t24-/m1/s1. The minimum Gasteiger partial charge on any atom is -0.497 e. The average molecular weight is 552 g/mol. The molecule has 39 heavy (non-hydrogen) atoms. The highest BCUT2D eigenvalue weighted by atomic mass is 32.2. The third-order valence-electron chi connectivity index (χ3n) is 6.27. The summed E-state index contributed by atoms with van der Waals surface area (Å²) in [5.74, 6) is 0.0266. The number of hydrogen-bond donors (Lipinski definition) is 1. The number of para-hydroxylation sites is 1. The Bertz CT molecular complexity index is 1360. The molecule has 3 rings (SSSR count). The second-order valence-corrected chi connectivity index (χ2v) is 11.7. The first-order valence-corrected chi connectivity index (χ1v) is 14.3. The summed E-state index contributed by atoms with van der Waals surface area (Å²) in [7, 11) is -2.53. The molecule has 1 N–H and O–H groups in total. The van der Waals surface area contributed by atoms with Crippen molar-refractivity contribution in [2.75, 3.05) is 24.5 Å². The van der Waals surface area contributed by atoms with Gasteiger partial charge in [-0.1, -0.05) is 61.9 Å². The van der Waals surface area contributed by atoms with Crippen molar-refractivity contribution in [1.82, 2.24) is 10.2 Å². The second-order valence-electron chi connectivity index (χ2n) is 9.85. The summed E-state index contributed by atoms with van der Waals surface area (Å²) in [6, 6.07) is 21.4. The van der Waals surface area contributed by atoms with Gasteiger partial charge in [0.05, 0.1) is 17.7 Å². The van der Waals surface area contributed by atoms with E-state index in [0.717, 1.165) is 15.4 Å². The predicted octanol–water partition coefficient (Wildman–Crippen LogP) is 4.39. The summed E-state index contributed by atoms with van der Waals surface area (Å²) in [4.78, 5) is 28.4. The normalized spacial score (nSPS) is 12.1. The van der Waals surface area contributed by atoms with Gasteiger partial charge in [0.2, 0.25) is 11.8 Å². The van der Waals surface area contributed by atoms with Crippen LogP contribution in [0.5, 0.6) is 5.75 Å². The van der Waals surface area contributed by atoms with Gasteiger partial charge in [-0.25, -0.2) is 8.42 Å². The number of hydrogen-bond acceptors (Lipinski definition) is 5. The summed E-state index contributed by atoms with van der Waals surface area (Å²) in [6.45, 7) is 7.56. The van der Waals surface area contributed by atoms with Crippen LogP contribution in [0.25, 0.3) is 0 Å². The largest absolute Gasteiger partial charge is 0.497 e. The molecular weight excluding hydrogens is 514 g/mol. The van der Waals surface area contributed by atoms with E-state index in [1.807, 2.05) is 26.8 Å². The lowest BCUT2D eigenvalue weighted by Gasteiger charge is -2.32. The molecule has 1 atom stereocenters. The number of ether oxygens (including phenoxy) is 1. The fourth-order valence-electron chi connectivity index (χ4n) is 3.96. The van der Waals surface area contributed by atoms with Crippen LogP contribution in [0.2, 0.25) is 0 Å². The third-order valence-corrected chi connectivity index (χ3v) is 8.06. The number of aryl methyl sites for hydroxylation is 1. The molecule has 0 radical (unpaired) electrons. The smallest absolute Gasteiger partial charge is 0.264 e. The molecule has 0 spiro atoms. The van der Waals surface area contributed by atoms with Crippen molar-refractivity contribution in [2.45, 2.75) is 45.2 Å². The Labute approximate surface area is 231 Å². The number of benzene rings is 3. The van der Waals surface area contributed by atoms with E-state index < -0.39 is 28.5 Å². The van der Waals surface area contributed by atoms with Crippen LogP contribution in [0.15, 0.2) is 83.8 Å². The zero-order chi connectivity index (χ0) is 28.6. The van der Waals surface area contributed by atoms with Crippen molar-refractivity contribution >= 4 is 27.5 Å².